The van der Waals surface area contributed by atoms with Gasteiger partial charge in [0.1, 0.15) is 6.17 Å². The number of rotatable bonds is 0. The van der Waals surface area contributed by atoms with Gasteiger partial charge in [-0.1, -0.05) is 20.3 Å². The lowest BCUT2D eigenvalue weighted by atomic mass is 9.83. The molecule has 0 spiro atoms. The smallest absolute Gasteiger partial charge is 0.103 e. The molecule has 1 rings (SSSR count). The Morgan fingerprint density at radius 2 is 1.89 bits per heavy atom. The maximum absolute atomic E-state index is 12.8. The fraction of sp³-hybridized carbons (Fsp3) is 1.00. The van der Waals surface area contributed by atoms with Crippen molar-refractivity contribution in [3.63, 3.8) is 0 Å². The van der Waals surface area contributed by atoms with Crippen molar-refractivity contribution in [2.24, 2.45) is 11.8 Å². The first-order chi connectivity index (χ1) is 4.20. The van der Waals surface area contributed by atoms with E-state index in [1.54, 1.807) is 0 Å². The maximum Gasteiger partial charge on any atom is 0.103 e. The molecule has 1 aliphatic carbocycles. The Morgan fingerprint density at radius 1 is 1.22 bits per heavy atom. The minimum Gasteiger partial charge on any atom is -0.247 e. The van der Waals surface area contributed by atoms with Crippen LogP contribution in [0, 0.1) is 11.8 Å². The van der Waals surface area contributed by atoms with Gasteiger partial charge in [-0.25, -0.2) is 4.39 Å². The van der Waals surface area contributed by atoms with Gasteiger partial charge in [-0.3, -0.25) is 0 Å². The highest BCUT2D eigenvalue weighted by atomic mass is 19.1. The Hall–Kier alpha value is -0.0700. The fourth-order valence-corrected chi connectivity index (χ4v) is 1.46. The molecular weight excluding hydrogens is 115 g/mol. The van der Waals surface area contributed by atoms with Gasteiger partial charge in [-0.05, 0) is 24.7 Å². The lowest BCUT2D eigenvalue weighted by molar-refractivity contribution is 0.145. The molecule has 0 heterocycles. The SMILES string of the molecule is CC1CC[C@@H](C)CC1F. The third-order valence-electron chi connectivity index (χ3n) is 2.36. The predicted octanol–water partition coefficient (Wildman–Crippen LogP) is 2.78. The lowest BCUT2D eigenvalue weighted by Gasteiger charge is -2.26. The van der Waals surface area contributed by atoms with Gasteiger partial charge < -0.3 is 0 Å². The predicted molar refractivity (Wildman–Crippen MR) is 37.1 cm³/mol. The largest absolute Gasteiger partial charge is 0.247 e. The third-order valence-corrected chi connectivity index (χ3v) is 2.36. The maximum atomic E-state index is 12.8. The highest BCUT2D eigenvalue weighted by Gasteiger charge is 2.24. The second-order valence-electron chi connectivity index (χ2n) is 3.41. The van der Waals surface area contributed by atoms with E-state index in [0.29, 0.717) is 11.8 Å². The molecule has 9 heavy (non-hydrogen) atoms. The third kappa shape index (κ3) is 1.67. The molecular formula is C8H15F. The van der Waals surface area contributed by atoms with Crippen LogP contribution in [0.5, 0.6) is 0 Å². The van der Waals surface area contributed by atoms with Crippen LogP contribution in [-0.4, -0.2) is 6.17 Å². The first kappa shape index (κ1) is 7.04. The zero-order chi connectivity index (χ0) is 6.85. The Morgan fingerprint density at radius 3 is 2.33 bits per heavy atom. The van der Waals surface area contributed by atoms with Crippen LogP contribution in [0.1, 0.15) is 33.1 Å². The van der Waals surface area contributed by atoms with Crippen LogP contribution in [-0.2, 0) is 0 Å². The van der Waals surface area contributed by atoms with Crippen LogP contribution in [0.4, 0.5) is 4.39 Å². The highest BCUT2D eigenvalue weighted by molar-refractivity contribution is 4.74. The quantitative estimate of drug-likeness (QED) is 0.473. The molecule has 1 saturated carbocycles. The van der Waals surface area contributed by atoms with Crippen molar-refractivity contribution in [3.05, 3.63) is 0 Å². The number of hydrogen-bond donors (Lipinski definition) is 0. The molecule has 0 aromatic heterocycles. The van der Waals surface area contributed by atoms with Crippen molar-refractivity contribution in [2.75, 3.05) is 0 Å². The molecule has 0 aromatic carbocycles. The standard InChI is InChI=1S/C8H15F/c1-6-3-4-7(2)8(9)5-6/h6-8H,3-5H2,1-2H3/t6-,7?,8?/m1/s1. The summed E-state index contributed by atoms with van der Waals surface area (Å²) in [5.74, 6) is 0.942. The molecule has 54 valence electrons. The van der Waals surface area contributed by atoms with Gasteiger partial charge >= 0.3 is 0 Å². The van der Waals surface area contributed by atoms with Crippen LogP contribution in [0.3, 0.4) is 0 Å². The fourth-order valence-electron chi connectivity index (χ4n) is 1.46. The molecule has 0 nitrogen and oxygen atoms in total. The summed E-state index contributed by atoms with van der Waals surface area (Å²) in [4.78, 5) is 0. The number of alkyl halides is 1. The average Bonchev–Trinajstić information content (AvgIpc) is 1.80. The molecule has 1 heteroatoms. The van der Waals surface area contributed by atoms with Crippen LogP contribution >= 0.6 is 0 Å². The molecule has 0 N–H and O–H groups in total. The van der Waals surface area contributed by atoms with Crippen molar-refractivity contribution in [1.82, 2.24) is 0 Å². The van der Waals surface area contributed by atoms with Crippen molar-refractivity contribution in [3.8, 4) is 0 Å². The second-order valence-corrected chi connectivity index (χ2v) is 3.41. The molecule has 3 atom stereocenters. The van der Waals surface area contributed by atoms with E-state index in [1.165, 1.54) is 6.42 Å². The summed E-state index contributed by atoms with van der Waals surface area (Å²) in [7, 11) is 0. The molecule has 1 fully saturated rings. The van der Waals surface area contributed by atoms with Crippen molar-refractivity contribution >= 4 is 0 Å². The van der Waals surface area contributed by atoms with Crippen LogP contribution in [0.15, 0.2) is 0 Å². The van der Waals surface area contributed by atoms with Gasteiger partial charge in [0.15, 0.2) is 0 Å². The molecule has 0 bridgehead atoms. The van der Waals surface area contributed by atoms with Gasteiger partial charge in [0.05, 0.1) is 0 Å². The highest BCUT2D eigenvalue weighted by Crippen LogP contribution is 2.30. The van der Waals surface area contributed by atoms with Crippen molar-refractivity contribution < 1.29 is 4.39 Å². The minimum atomic E-state index is -0.520. The molecule has 1 aliphatic rings. The van der Waals surface area contributed by atoms with E-state index in [1.807, 2.05) is 6.92 Å². The van der Waals surface area contributed by atoms with E-state index in [9.17, 15) is 4.39 Å². The van der Waals surface area contributed by atoms with Gasteiger partial charge in [-0.2, -0.15) is 0 Å². The zero-order valence-corrected chi connectivity index (χ0v) is 6.23. The lowest BCUT2D eigenvalue weighted by Crippen LogP contribution is -2.22. The van der Waals surface area contributed by atoms with Gasteiger partial charge in [-0.15, -0.1) is 0 Å². The summed E-state index contributed by atoms with van der Waals surface area (Å²) in [5, 5.41) is 0. The van der Waals surface area contributed by atoms with E-state index >= 15 is 0 Å². The number of halogens is 1. The Bertz CT molecular complexity index is 90.6. The number of hydrogen-bond acceptors (Lipinski definition) is 0. The normalized spacial score (nSPS) is 45.0. The van der Waals surface area contributed by atoms with Gasteiger partial charge in [0.2, 0.25) is 0 Å². The average molecular weight is 130 g/mol. The summed E-state index contributed by atoms with van der Waals surface area (Å²) in [6, 6.07) is 0. The van der Waals surface area contributed by atoms with Crippen molar-refractivity contribution in [2.45, 2.75) is 39.3 Å². The summed E-state index contributed by atoms with van der Waals surface area (Å²) in [6.07, 6.45) is 2.58. The Balaban J connectivity index is 2.35. The van der Waals surface area contributed by atoms with Crippen LogP contribution in [0.25, 0.3) is 0 Å². The van der Waals surface area contributed by atoms with Crippen LogP contribution < -0.4 is 0 Å². The molecule has 0 aromatic rings. The Labute approximate surface area is 56.5 Å². The van der Waals surface area contributed by atoms with Gasteiger partial charge in [0, 0.05) is 0 Å². The zero-order valence-electron chi connectivity index (χ0n) is 6.23. The molecule has 0 amide bonds. The van der Waals surface area contributed by atoms with Crippen molar-refractivity contribution in [1.29, 1.82) is 0 Å². The summed E-state index contributed by atoms with van der Waals surface area (Å²) in [5.41, 5.74) is 0. The van der Waals surface area contributed by atoms with E-state index < -0.39 is 6.17 Å². The minimum absolute atomic E-state index is 0.321. The molecule has 0 aliphatic heterocycles. The Kier molecular flexibility index (Phi) is 2.09. The van der Waals surface area contributed by atoms with E-state index in [0.717, 1.165) is 12.8 Å². The summed E-state index contributed by atoms with van der Waals surface area (Å²) in [6.45, 7) is 4.15. The first-order valence-electron chi connectivity index (χ1n) is 3.84. The summed E-state index contributed by atoms with van der Waals surface area (Å²) < 4.78 is 12.8. The monoisotopic (exact) mass is 130 g/mol. The summed E-state index contributed by atoms with van der Waals surface area (Å²) >= 11 is 0. The first-order valence-corrected chi connectivity index (χ1v) is 3.84. The second kappa shape index (κ2) is 2.68. The molecule has 0 radical (unpaired) electrons. The van der Waals surface area contributed by atoms with E-state index in [-0.39, 0.29) is 0 Å². The molecule has 2 unspecified atom stereocenters. The molecule has 0 saturated heterocycles. The van der Waals surface area contributed by atoms with Gasteiger partial charge in [0.25, 0.3) is 0 Å². The van der Waals surface area contributed by atoms with E-state index in [4.69, 9.17) is 0 Å². The van der Waals surface area contributed by atoms with E-state index in [2.05, 4.69) is 6.92 Å². The topological polar surface area (TPSA) is 0 Å². The van der Waals surface area contributed by atoms with Crippen LogP contribution in [0.2, 0.25) is 0 Å².